The summed E-state index contributed by atoms with van der Waals surface area (Å²) in [6, 6.07) is 18.8. The van der Waals surface area contributed by atoms with Crippen LogP contribution in [0.25, 0.3) is 22.1 Å². The van der Waals surface area contributed by atoms with Gasteiger partial charge in [-0.05, 0) is 43.4 Å². The van der Waals surface area contributed by atoms with Crippen molar-refractivity contribution in [2.24, 2.45) is 5.92 Å². The van der Waals surface area contributed by atoms with Crippen molar-refractivity contribution in [1.29, 1.82) is 0 Å². The van der Waals surface area contributed by atoms with Gasteiger partial charge in [0, 0.05) is 44.2 Å². The number of hydrogen-bond donors (Lipinski definition) is 1. The second-order valence-corrected chi connectivity index (χ2v) is 9.80. The van der Waals surface area contributed by atoms with Crippen molar-refractivity contribution in [3.8, 4) is 0 Å². The van der Waals surface area contributed by atoms with Crippen LogP contribution in [0.2, 0.25) is 0 Å². The molecule has 4 heterocycles. The molecular formula is C28H31N5O2. The monoisotopic (exact) mass is 469 g/mol. The Morgan fingerprint density at radius 2 is 1.77 bits per heavy atom. The van der Waals surface area contributed by atoms with Crippen LogP contribution in [0.3, 0.4) is 0 Å². The molecular weight excluding hydrogens is 438 g/mol. The van der Waals surface area contributed by atoms with E-state index in [1.54, 1.807) is 6.33 Å². The summed E-state index contributed by atoms with van der Waals surface area (Å²) in [5.74, 6) is 0.921. The van der Waals surface area contributed by atoms with Gasteiger partial charge in [-0.25, -0.2) is 9.97 Å². The number of piperidine rings is 2. The molecule has 2 aliphatic rings. The maximum Gasteiger partial charge on any atom is 0.225 e. The van der Waals surface area contributed by atoms with Crippen molar-refractivity contribution in [3.63, 3.8) is 0 Å². The van der Waals surface area contributed by atoms with Gasteiger partial charge in [0.25, 0.3) is 0 Å². The fraction of sp³-hybridized carbons (Fsp3) is 0.393. The van der Waals surface area contributed by atoms with Crippen LogP contribution in [0.4, 0.5) is 5.82 Å². The lowest BCUT2D eigenvalue weighted by atomic mass is 9.95. The molecule has 0 aliphatic carbocycles. The van der Waals surface area contributed by atoms with Crippen LogP contribution in [-0.2, 0) is 11.3 Å². The SMILES string of the molecule is O=C(NC1CCN(Cc2ccccc2)CC1)[C@H]1CCCN(c2ncnc3c2oc2ccccc23)C1. The molecule has 1 N–H and O–H groups in total. The van der Waals surface area contributed by atoms with Crippen molar-refractivity contribution < 1.29 is 9.21 Å². The molecule has 35 heavy (non-hydrogen) atoms. The van der Waals surface area contributed by atoms with E-state index in [1.165, 1.54) is 5.56 Å². The van der Waals surface area contributed by atoms with Gasteiger partial charge in [-0.3, -0.25) is 9.69 Å². The van der Waals surface area contributed by atoms with Gasteiger partial charge in [0.1, 0.15) is 17.4 Å². The molecule has 2 fully saturated rings. The summed E-state index contributed by atoms with van der Waals surface area (Å²) < 4.78 is 6.13. The van der Waals surface area contributed by atoms with Crippen LogP contribution < -0.4 is 10.2 Å². The first-order valence-electron chi connectivity index (χ1n) is 12.7. The molecule has 1 amide bonds. The Bertz CT molecular complexity index is 1310. The number of anilines is 1. The number of amides is 1. The first-order chi connectivity index (χ1) is 17.2. The predicted molar refractivity (Wildman–Crippen MR) is 137 cm³/mol. The summed E-state index contributed by atoms with van der Waals surface area (Å²) >= 11 is 0. The quantitative estimate of drug-likeness (QED) is 0.468. The molecule has 7 heteroatoms. The Morgan fingerprint density at radius 3 is 2.63 bits per heavy atom. The van der Waals surface area contributed by atoms with E-state index < -0.39 is 0 Å². The minimum atomic E-state index is -0.0412. The number of para-hydroxylation sites is 1. The van der Waals surface area contributed by atoms with E-state index in [9.17, 15) is 4.79 Å². The van der Waals surface area contributed by atoms with Gasteiger partial charge in [-0.15, -0.1) is 0 Å². The van der Waals surface area contributed by atoms with Gasteiger partial charge < -0.3 is 14.6 Å². The zero-order valence-electron chi connectivity index (χ0n) is 19.9. The van der Waals surface area contributed by atoms with E-state index >= 15 is 0 Å². The summed E-state index contributed by atoms with van der Waals surface area (Å²) in [6.07, 6.45) is 5.47. The van der Waals surface area contributed by atoms with Crippen LogP contribution >= 0.6 is 0 Å². The number of nitrogens with one attached hydrogen (secondary N) is 1. The van der Waals surface area contributed by atoms with Crippen LogP contribution in [-0.4, -0.2) is 53.0 Å². The zero-order chi connectivity index (χ0) is 23.6. The van der Waals surface area contributed by atoms with Gasteiger partial charge >= 0.3 is 0 Å². The molecule has 2 aliphatic heterocycles. The lowest BCUT2D eigenvalue weighted by molar-refractivity contribution is -0.126. The van der Waals surface area contributed by atoms with Crippen molar-refractivity contribution in [1.82, 2.24) is 20.2 Å². The molecule has 7 nitrogen and oxygen atoms in total. The molecule has 6 rings (SSSR count). The van der Waals surface area contributed by atoms with Crippen molar-refractivity contribution in [2.45, 2.75) is 38.3 Å². The van der Waals surface area contributed by atoms with Crippen molar-refractivity contribution in [2.75, 3.05) is 31.1 Å². The molecule has 0 radical (unpaired) electrons. The summed E-state index contributed by atoms with van der Waals surface area (Å²) in [6.45, 7) is 4.53. The van der Waals surface area contributed by atoms with Crippen molar-refractivity contribution in [3.05, 3.63) is 66.5 Å². The Hall–Kier alpha value is -3.45. The number of hydrogen-bond acceptors (Lipinski definition) is 6. The first-order valence-corrected chi connectivity index (χ1v) is 12.7. The third-order valence-corrected chi connectivity index (χ3v) is 7.41. The van der Waals surface area contributed by atoms with Crippen LogP contribution in [0.1, 0.15) is 31.2 Å². The standard InChI is InChI=1S/C28H31N5O2/c34-28(31-22-12-15-32(16-13-22)17-20-7-2-1-3-8-20)21-9-6-14-33(18-21)27-26-25(29-19-30-27)23-10-4-5-11-24(23)35-26/h1-5,7-8,10-11,19,21-22H,6,9,12-18H2,(H,31,34)/t21-/m0/s1. The Kier molecular flexibility index (Phi) is 6.08. The third kappa shape index (κ3) is 4.60. The van der Waals surface area contributed by atoms with E-state index in [1.807, 2.05) is 24.3 Å². The average Bonchev–Trinajstić information content (AvgIpc) is 3.29. The fourth-order valence-corrected chi connectivity index (χ4v) is 5.52. The maximum absolute atomic E-state index is 13.2. The molecule has 2 saturated heterocycles. The second kappa shape index (κ2) is 9.66. The molecule has 0 saturated carbocycles. The molecule has 4 aromatic rings. The highest BCUT2D eigenvalue weighted by molar-refractivity contribution is 6.05. The Balaban J connectivity index is 1.08. The summed E-state index contributed by atoms with van der Waals surface area (Å²) in [5, 5.41) is 4.35. The van der Waals surface area contributed by atoms with Gasteiger partial charge in [0.2, 0.25) is 5.91 Å². The van der Waals surface area contributed by atoms with Gasteiger partial charge in [-0.2, -0.15) is 0 Å². The van der Waals surface area contributed by atoms with Gasteiger partial charge in [0.15, 0.2) is 11.4 Å². The van der Waals surface area contributed by atoms with Crippen LogP contribution in [0.5, 0.6) is 0 Å². The molecule has 2 aromatic heterocycles. The number of rotatable bonds is 5. The smallest absolute Gasteiger partial charge is 0.225 e. The number of carbonyl (C=O) groups excluding carboxylic acids is 1. The molecule has 2 aromatic carbocycles. The molecule has 0 spiro atoms. The normalized spacial score (nSPS) is 19.9. The summed E-state index contributed by atoms with van der Waals surface area (Å²) in [4.78, 5) is 26.9. The lowest BCUT2D eigenvalue weighted by Gasteiger charge is -2.35. The van der Waals surface area contributed by atoms with E-state index in [2.05, 4.69) is 55.4 Å². The summed E-state index contributed by atoms with van der Waals surface area (Å²) in [7, 11) is 0. The highest BCUT2D eigenvalue weighted by atomic mass is 16.3. The minimum absolute atomic E-state index is 0.0412. The Labute approximate surface area is 205 Å². The van der Waals surface area contributed by atoms with E-state index in [0.29, 0.717) is 12.1 Å². The number of benzene rings is 2. The molecule has 0 unspecified atom stereocenters. The number of fused-ring (bicyclic) bond motifs is 3. The number of nitrogens with zero attached hydrogens (tertiary/aromatic N) is 4. The number of likely N-dealkylation sites (tertiary alicyclic amines) is 1. The fourth-order valence-electron chi connectivity index (χ4n) is 5.52. The highest BCUT2D eigenvalue weighted by Gasteiger charge is 2.30. The number of furan rings is 1. The summed E-state index contributed by atoms with van der Waals surface area (Å²) in [5.41, 5.74) is 3.70. The second-order valence-electron chi connectivity index (χ2n) is 9.80. The lowest BCUT2D eigenvalue weighted by Crippen LogP contribution is -2.49. The topological polar surface area (TPSA) is 74.5 Å². The maximum atomic E-state index is 13.2. The van der Waals surface area contributed by atoms with E-state index in [0.717, 1.165) is 74.2 Å². The third-order valence-electron chi connectivity index (χ3n) is 7.41. The van der Waals surface area contributed by atoms with Crippen LogP contribution in [0, 0.1) is 5.92 Å². The van der Waals surface area contributed by atoms with Gasteiger partial charge in [-0.1, -0.05) is 42.5 Å². The molecule has 0 bridgehead atoms. The van der Waals surface area contributed by atoms with Crippen molar-refractivity contribution >= 4 is 33.8 Å². The highest BCUT2D eigenvalue weighted by Crippen LogP contribution is 2.33. The van der Waals surface area contributed by atoms with E-state index in [4.69, 9.17) is 4.42 Å². The minimum Gasteiger partial charge on any atom is -0.450 e. The average molecular weight is 470 g/mol. The zero-order valence-corrected chi connectivity index (χ0v) is 19.9. The largest absolute Gasteiger partial charge is 0.450 e. The number of aromatic nitrogens is 2. The molecule has 1 atom stereocenters. The first kappa shape index (κ1) is 22.0. The Morgan fingerprint density at radius 1 is 0.971 bits per heavy atom. The molecule has 180 valence electrons. The number of carbonyl (C=O) groups is 1. The van der Waals surface area contributed by atoms with Gasteiger partial charge in [0.05, 0.1) is 5.92 Å². The van der Waals surface area contributed by atoms with Crippen LogP contribution in [0.15, 0.2) is 65.3 Å². The predicted octanol–water partition coefficient (Wildman–Crippen LogP) is 4.37. The van der Waals surface area contributed by atoms with E-state index in [-0.39, 0.29) is 17.9 Å².